The van der Waals surface area contributed by atoms with Crippen LogP contribution in [0.3, 0.4) is 0 Å². The molecule has 6 heteroatoms. The molecule has 0 atom stereocenters. The quantitative estimate of drug-likeness (QED) is 0.831. The van der Waals surface area contributed by atoms with Gasteiger partial charge < -0.3 is 14.5 Å². The van der Waals surface area contributed by atoms with Gasteiger partial charge >= 0.3 is 6.36 Å². The number of hydrogen-bond acceptors (Lipinski definition) is 3. The van der Waals surface area contributed by atoms with Gasteiger partial charge in [-0.1, -0.05) is 0 Å². The van der Waals surface area contributed by atoms with Crippen molar-refractivity contribution in [1.29, 1.82) is 0 Å². The minimum Gasteiger partial charge on any atom is -0.406 e. The van der Waals surface area contributed by atoms with E-state index in [0.717, 1.165) is 31.9 Å². The second-order valence-electron chi connectivity index (χ2n) is 5.89. The van der Waals surface area contributed by atoms with Crippen LogP contribution in [0.4, 0.5) is 18.9 Å². The molecule has 0 aliphatic carbocycles. The molecule has 1 spiro atoms. The minimum absolute atomic E-state index is 0.169. The van der Waals surface area contributed by atoms with E-state index in [0.29, 0.717) is 5.41 Å². The fraction of sp³-hybridized carbons (Fsp3) is 0.571. The number of alkyl halides is 3. The summed E-state index contributed by atoms with van der Waals surface area (Å²) in [5, 5.41) is 0. The molecule has 2 saturated heterocycles. The first kappa shape index (κ1) is 13.5. The molecule has 0 amide bonds. The Bertz CT molecular complexity index is 480. The monoisotopic (exact) mass is 286 g/mol. The molecule has 110 valence electrons. The molecule has 0 unspecified atom stereocenters. The Morgan fingerprint density at radius 3 is 2.25 bits per heavy atom. The minimum atomic E-state index is -4.63. The fourth-order valence-electron chi connectivity index (χ4n) is 3.22. The number of ether oxygens (including phenoxy) is 1. The summed E-state index contributed by atoms with van der Waals surface area (Å²) >= 11 is 0. The maximum absolute atomic E-state index is 12.1. The Hall–Kier alpha value is -1.43. The van der Waals surface area contributed by atoms with E-state index >= 15 is 0 Å². The van der Waals surface area contributed by atoms with Crippen molar-refractivity contribution in [3.05, 3.63) is 24.3 Å². The predicted molar refractivity (Wildman–Crippen MR) is 69.9 cm³/mol. The molecule has 0 saturated carbocycles. The third kappa shape index (κ3) is 2.70. The summed E-state index contributed by atoms with van der Waals surface area (Å²) in [6, 6.07) is 6.11. The van der Waals surface area contributed by atoms with Crippen LogP contribution in [0.1, 0.15) is 6.42 Å². The Labute approximate surface area is 115 Å². The van der Waals surface area contributed by atoms with Crippen molar-refractivity contribution in [2.24, 2.45) is 5.41 Å². The van der Waals surface area contributed by atoms with Crippen LogP contribution in [-0.2, 0) is 0 Å². The van der Waals surface area contributed by atoms with Gasteiger partial charge in [-0.2, -0.15) is 0 Å². The van der Waals surface area contributed by atoms with Crippen LogP contribution < -0.4 is 9.64 Å². The number of rotatable bonds is 2. The molecule has 1 aromatic rings. The highest BCUT2D eigenvalue weighted by atomic mass is 19.4. The Balaban J connectivity index is 1.60. The lowest BCUT2D eigenvalue weighted by molar-refractivity contribution is -0.274. The molecule has 2 aliphatic heterocycles. The molecular formula is C14H17F3N2O. The van der Waals surface area contributed by atoms with E-state index in [2.05, 4.69) is 21.6 Å². The average molecular weight is 286 g/mol. The van der Waals surface area contributed by atoms with Crippen molar-refractivity contribution < 1.29 is 17.9 Å². The zero-order valence-electron chi connectivity index (χ0n) is 11.3. The van der Waals surface area contributed by atoms with Gasteiger partial charge in [0, 0.05) is 30.7 Å². The molecular weight excluding hydrogens is 269 g/mol. The lowest BCUT2D eigenvalue weighted by Crippen LogP contribution is -2.57. The van der Waals surface area contributed by atoms with Crippen LogP contribution in [0.15, 0.2) is 24.3 Å². The first-order valence-corrected chi connectivity index (χ1v) is 6.65. The molecule has 2 heterocycles. The number of likely N-dealkylation sites (tertiary alicyclic amines) is 1. The van der Waals surface area contributed by atoms with Gasteiger partial charge in [-0.25, -0.2) is 0 Å². The maximum atomic E-state index is 12.1. The number of anilines is 1. The smallest absolute Gasteiger partial charge is 0.406 e. The van der Waals surface area contributed by atoms with E-state index in [-0.39, 0.29) is 5.75 Å². The predicted octanol–water partition coefficient (Wildman–Crippen LogP) is 2.73. The fourth-order valence-corrected chi connectivity index (χ4v) is 3.22. The molecule has 0 N–H and O–H groups in total. The van der Waals surface area contributed by atoms with Crippen LogP contribution >= 0.6 is 0 Å². The molecule has 20 heavy (non-hydrogen) atoms. The Kier molecular flexibility index (Phi) is 3.08. The first-order chi connectivity index (χ1) is 9.35. The van der Waals surface area contributed by atoms with E-state index in [1.54, 1.807) is 12.1 Å². The summed E-state index contributed by atoms with van der Waals surface area (Å²) in [6.45, 7) is 4.21. The zero-order chi connectivity index (χ0) is 14.4. The second kappa shape index (κ2) is 4.55. The maximum Gasteiger partial charge on any atom is 0.573 e. The first-order valence-electron chi connectivity index (χ1n) is 6.65. The molecule has 2 aliphatic rings. The van der Waals surface area contributed by atoms with Gasteiger partial charge in [-0.05, 0) is 44.3 Å². The highest BCUT2D eigenvalue weighted by Crippen LogP contribution is 2.41. The van der Waals surface area contributed by atoms with Gasteiger partial charge in [-0.15, -0.1) is 13.2 Å². The van der Waals surface area contributed by atoms with Gasteiger partial charge in [-0.3, -0.25) is 0 Å². The SMILES string of the molecule is CN1CCC2(C1)CN(c1ccc(OC(F)(F)F)cc1)C2. The Morgan fingerprint density at radius 2 is 1.75 bits per heavy atom. The van der Waals surface area contributed by atoms with Gasteiger partial charge in [0.15, 0.2) is 0 Å². The van der Waals surface area contributed by atoms with Crippen molar-refractivity contribution >= 4 is 5.69 Å². The number of hydrogen-bond donors (Lipinski definition) is 0. The van der Waals surface area contributed by atoms with Crippen LogP contribution in [0.5, 0.6) is 5.75 Å². The number of nitrogens with zero attached hydrogens (tertiary/aromatic N) is 2. The normalized spacial score (nSPS) is 22.1. The summed E-state index contributed by atoms with van der Waals surface area (Å²) in [6.07, 6.45) is -3.42. The van der Waals surface area contributed by atoms with E-state index < -0.39 is 6.36 Å². The topological polar surface area (TPSA) is 15.7 Å². The standard InChI is InChI=1S/C14H17F3N2O/c1-18-7-6-13(8-18)9-19(10-13)11-2-4-12(5-3-11)20-14(15,16)17/h2-5H,6-10H2,1H3. The third-order valence-electron chi connectivity index (χ3n) is 4.12. The highest BCUT2D eigenvalue weighted by molar-refractivity contribution is 5.52. The third-order valence-corrected chi connectivity index (χ3v) is 4.12. The van der Waals surface area contributed by atoms with Crippen molar-refractivity contribution in [3.8, 4) is 5.75 Å². The summed E-state index contributed by atoms with van der Waals surface area (Å²) in [4.78, 5) is 4.54. The molecule has 0 radical (unpaired) electrons. The molecule has 0 bridgehead atoms. The lowest BCUT2D eigenvalue weighted by Gasteiger charge is -2.49. The van der Waals surface area contributed by atoms with Gasteiger partial charge in [0.05, 0.1) is 0 Å². The molecule has 3 rings (SSSR count). The van der Waals surface area contributed by atoms with E-state index in [1.807, 2.05) is 0 Å². The number of halogens is 3. The Morgan fingerprint density at radius 1 is 1.10 bits per heavy atom. The molecule has 1 aromatic carbocycles. The van der Waals surface area contributed by atoms with E-state index in [4.69, 9.17) is 0 Å². The summed E-state index contributed by atoms with van der Waals surface area (Å²) in [7, 11) is 2.13. The van der Waals surface area contributed by atoms with Crippen LogP contribution in [0, 0.1) is 5.41 Å². The molecule has 3 nitrogen and oxygen atoms in total. The van der Waals surface area contributed by atoms with Crippen molar-refractivity contribution in [2.75, 3.05) is 38.1 Å². The van der Waals surface area contributed by atoms with Gasteiger partial charge in [0.25, 0.3) is 0 Å². The zero-order valence-corrected chi connectivity index (χ0v) is 11.3. The lowest BCUT2D eigenvalue weighted by atomic mass is 9.79. The van der Waals surface area contributed by atoms with Crippen molar-refractivity contribution in [2.45, 2.75) is 12.8 Å². The largest absolute Gasteiger partial charge is 0.573 e. The molecule has 0 aromatic heterocycles. The van der Waals surface area contributed by atoms with Crippen LogP contribution in [0.25, 0.3) is 0 Å². The van der Waals surface area contributed by atoms with E-state index in [9.17, 15) is 13.2 Å². The number of benzene rings is 1. The van der Waals surface area contributed by atoms with Crippen molar-refractivity contribution in [1.82, 2.24) is 4.90 Å². The average Bonchev–Trinajstić information content (AvgIpc) is 2.69. The molecule has 2 fully saturated rings. The van der Waals surface area contributed by atoms with Gasteiger partial charge in [0.1, 0.15) is 5.75 Å². The highest BCUT2D eigenvalue weighted by Gasteiger charge is 2.46. The summed E-state index contributed by atoms with van der Waals surface area (Å²) < 4.78 is 40.1. The summed E-state index contributed by atoms with van der Waals surface area (Å²) in [5.41, 5.74) is 1.34. The van der Waals surface area contributed by atoms with Crippen molar-refractivity contribution in [3.63, 3.8) is 0 Å². The van der Waals surface area contributed by atoms with Crippen LogP contribution in [0.2, 0.25) is 0 Å². The summed E-state index contributed by atoms with van der Waals surface area (Å²) in [5.74, 6) is -0.169. The van der Waals surface area contributed by atoms with Gasteiger partial charge in [0.2, 0.25) is 0 Å². The second-order valence-corrected chi connectivity index (χ2v) is 5.89. The van der Waals surface area contributed by atoms with E-state index in [1.165, 1.54) is 18.6 Å². The van der Waals surface area contributed by atoms with Crippen LogP contribution in [-0.4, -0.2) is 44.5 Å².